The summed E-state index contributed by atoms with van der Waals surface area (Å²) in [5, 5.41) is 19.3. The second-order valence-electron chi connectivity index (χ2n) is 4.57. The van der Waals surface area contributed by atoms with Gasteiger partial charge in [-0.3, -0.25) is 4.79 Å². The Morgan fingerprint density at radius 3 is 2.09 bits per heavy atom. The Balaban J connectivity index is 3.31. The maximum Gasteiger partial charge on any atom is 0.411 e. The Morgan fingerprint density at radius 1 is 1.22 bits per heavy atom. The molecule has 0 aliphatic heterocycles. The minimum atomic E-state index is -5.94. The van der Waals surface area contributed by atoms with E-state index in [-0.39, 0.29) is 11.9 Å². The monoisotopic (exact) mass is 366 g/mol. The van der Waals surface area contributed by atoms with Gasteiger partial charge < -0.3 is 10.5 Å². The summed E-state index contributed by atoms with van der Waals surface area (Å²) in [4.78, 5) is 11.6. The zero-order valence-electron chi connectivity index (χ0n) is 11.1. The number of amides is 1. The highest BCUT2D eigenvalue weighted by atomic mass is 35.5. The van der Waals surface area contributed by atoms with Gasteiger partial charge in [-0.15, -0.1) is 0 Å². The quantitative estimate of drug-likeness (QED) is 0.569. The molecule has 5 nitrogen and oxygen atoms in total. The molecule has 0 radical (unpaired) electrons. The third-order valence-electron chi connectivity index (χ3n) is 3.05. The summed E-state index contributed by atoms with van der Waals surface area (Å²) in [6.07, 6.45) is -11.9. The van der Waals surface area contributed by atoms with Crippen LogP contribution in [0, 0.1) is 10.6 Å². The average Bonchev–Trinajstić information content (AvgIpc) is 2.36. The molecule has 3 N–H and O–H groups in total. The van der Waals surface area contributed by atoms with Gasteiger partial charge in [-0.25, -0.2) is 5.21 Å². The highest BCUT2D eigenvalue weighted by Crippen LogP contribution is 2.50. The molecule has 0 aromatic heterocycles. The predicted octanol–water partition coefficient (Wildman–Crippen LogP) is 2.81. The van der Waals surface area contributed by atoms with Gasteiger partial charge >= 0.3 is 12.4 Å². The number of anilines is 1. The topological polar surface area (TPSA) is 76.8 Å². The molecule has 0 spiro atoms. The van der Waals surface area contributed by atoms with Gasteiger partial charge in [0.25, 0.3) is 0 Å². The maximum atomic E-state index is 12.8. The van der Waals surface area contributed by atoms with Crippen molar-refractivity contribution in [1.29, 1.82) is 0 Å². The first-order valence-corrected chi connectivity index (χ1v) is 6.07. The summed E-state index contributed by atoms with van der Waals surface area (Å²) in [6.45, 7) is -0.335. The number of quaternary nitrogens is 1. The minimum Gasteiger partial charge on any atom is -0.595 e. The average molecular weight is 367 g/mol. The lowest BCUT2D eigenvalue weighted by Gasteiger charge is -2.32. The molecule has 0 saturated heterocycles. The summed E-state index contributed by atoms with van der Waals surface area (Å²) in [6, 6.07) is 2.57. The van der Waals surface area contributed by atoms with Crippen LogP contribution >= 0.6 is 11.6 Å². The number of halogens is 7. The molecule has 130 valence electrons. The second kappa shape index (κ2) is 6.15. The highest BCUT2D eigenvalue weighted by molar-refractivity contribution is 6.31. The summed E-state index contributed by atoms with van der Waals surface area (Å²) >= 11 is 5.50. The van der Waals surface area contributed by atoms with Crippen LogP contribution in [0.1, 0.15) is 6.92 Å². The van der Waals surface area contributed by atoms with E-state index in [0.29, 0.717) is 0 Å². The predicted molar refractivity (Wildman–Crippen MR) is 66.1 cm³/mol. The van der Waals surface area contributed by atoms with Crippen LogP contribution in [0.3, 0.4) is 0 Å². The fraction of sp³-hybridized carbons (Fsp3) is 0.364. The molecule has 0 fully saturated rings. The fourth-order valence-electron chi connectivity index (χ4n) is 1.47. The van der Waals surface area contributed by atoms with E-state index in [1.54, 1.807) is 0 Å². The van der Waals surface area contributed by atoms with Gasteiger partial charge in [-0.2, -0.15) is 31.6 Å². The third-order valence-corrected chi connectivity index (χ3v) is 3.28. The van der Waals surface area contributed by atoms with Crippen molar-refractivity contribution in [2.75, 3.05) is 5.32 Å². The highest BCUT2D eigenvalue weighted by Gasteiger charge is 2.72. The number of alkyl halides is 6. The molecule has 1 amide bonds. The summed E-state index contributed by atoms with van der Waals surface area (Å²) in [5.41, 5.74) is -6.21. The van der Waals surface area contributed by atoms with Gasteiger partial charge in [0, 0.05) is 11.1 Å². The standard InChI is InChI=1S/C11H9ClF6N2O3/c1-9(10(13,14)15,11(16,17)18)8(21)19-6-3-2-5(12)4-7(6)20(22)23/h2-4,20,22H,1H3,(H,19,21). The molecule has 1 aromatic rings. The van der Waals surface area contributed by atoms with Crippen molar-refractivity contribution in [1.82, 2.24) is 0 Å². The Labute approximate surface area is 130 Å². The Bertz CT molecular complexity index is 588. The second-order valence-corrected chi connectivity index (χ2v) is 5.01. The largest absolute Gasteiger partial charge is 0.595 e. The van der Waals surface area contributed by atoms with E-state index in [9.17, 15) is 36.3 Å². The number of nitrogens with one attached hydrogen (secondary N) is 2. The van der Waals surface area contributed by atoms with Crippen LogP contribution in [0.15, 0.2) is 18.2 Å². The lowest BCUT2D eigenvalue weighted by atomic mass is 9.87. The van der Waals surface area contributed by atoms with Crippen molar-refractivity contribution < 1.29 is 41.6 Å². The van der Waals surface area contributed by atoms with E-state index < -0.39 is 40.3 Å². The molecule has 1 atom stereocenters. The van der Waals surface area contributed by atoms with Crippen LogP contribution in [0.2, 0.25) is 5.02 Å². The zero-order chi connectivity index (χ0) is 18.2. The van der Waals surface area contributed by atoms with Crippen LogP contribution in [-0.4, -0.2) is 23.5 Å². The number of carbonyl (C=O) groups is 1. The van der Waals surface area contributed by atoms with E-state index in [4.69, 9.17) is 16.8 Å². The van der Waals surface area contributed by atoms with Gasteiger partial charge in [0.2, 0.25) is 11.3 Å². The van der Waals surface area contributed by atoms with Gasteiger partial charge in [0.05, 0.1) is 0 Å². The molecule has 0 aliphatic rings. The van der Waals surface area contributed by atoms with E-state index in [2.05, 4.69) is 0 Å². The minimum absolute atomic E-state index is 0.130. The van der Waals surface area contributed by atoms with E-state index in [1.807, 2.05) is 0 Å². The van der Waals surface area contributed by atoms with Crippen molar-refractivity contribution >= 4 is 28.9 Å². The van der Waals surface area contributed by atoms with E-state index >= 15 is 0 Å². The van der Waals surface area contributed by atoms with Crippen molar-refractivity contribution in [2.45, 2.75) is 19.3 Å². The molecular weight excluding hydrogens is 358 g/mol. The number of benzene rings is 1. The lowest BCUT2D eigenvalue weighted by molar-refractivity contribution is -0.990. The van der Waals surface area contributed by atoms with E-state index in [1.165, 1.54) is 5.32 Å². The summed E-state index contributed by atoms with van der Waals surface area (Å²) < 4.78 is 76.6. The number of carbonyl (C=O) groups excluding carboxylic acids is 1. The molecule has 0 aliphatic carbocycles. The molecule has 1 rings (SSSR count). The Morgan fingerprint density at radius 2 is 1.70 bits per heavy atom. The van der Waals surface area contributed by atoms with Crippen molar-refractivity contribution in [2.24, 2.45) is 5.41 Å². The molecule has 0 heterocycles. The van der Waals surface area contributed by atoms with Crippen LogP contribution in [0.4, 0.5) is 37.7 Å². The van der Waals surface area contributed by atoms with E-state index in [0.717, 1.165) is 18.2 Å². The van der Waals surface area contributed by atoms with Crippen molar-refractivity contribution in [3.8, 4) is 0 Å². The van der Waals surface area contributed by atoms with Crippen LogP contribution in [0.5, 0.6) is 0 Å². The number of rotatable bonds is 3. The molecule has 1 unspecified atom stereocenters. The van der Waals surface area contributed by atoms with Gasteiger partial charge in [0.1, 0.15) is 5.69 Å². The summed E-state index contributed by atoms with van der Waals surface area (Å²) in [5.74, 6) is -2.46. The Hall–Kier alpha value is -1.56. The van der Waals surface area contributed by atoms with Crippen LogP contribution in [0.25, 0.3) is 0 Å². The summed E-state index contributed by atoms with van der Waals surface area (Å²) in [7, 11) is 0. The molecule has 1 aromatic carbocycles. The number of hydrogen-bond acceptors (Lipinski definition) is 3. The van der Waals surface area contributed by atoms with Crippen LogP contribution < -0.4 is 10.5 Å². The third kappa shape index (κ3) is 3.68. The molecular formula is C11H9ClF6N2O3. The smallest absolute Gasteiger partial charge is 0.411 e. The lowest BCUT2D eigenvalue weighted by Crippen LogP contribution is -2.99. The SMILES string of the molecule is CC(C(=O)Nc1ccc(Cl)cc1[NH+]([O-])O)(C(F)(F)F)C(F)(F)F. The van der Waals surface area contributed by atoms with Crippen molar-refractivity contribution in [3.05, 3.63) is 28.4 Å². The first-order valence-electron chi connectivity index (χ1n) is 5.69. The first-order chi connectivity index (χ1) is 10.2. The maximum absolute atomic E-state index is 12.8. The molecule has 23 heavy (non-hydrogen) atoms. The fourth-order valence-corrected chi connectivity index (χ4v) is 1.64. The van der Waals surface area contributed by atoms with Crippen molar-refractivity contribution in [3.63, 3.8) is 0 Å². The van der Waals surface area contributed by atoms with Gasteiger partial charge in [-0.1, -0.05) is 11.6 Å². The van der Waals surface area contributed by atoms with Gasteiger partial charge in [0.15, 0.2) is 5.69 Å². The molecule has 12 heteroatoms. The first kappa shape index (κ1) is 19.5. The van der Waals surface area contributed by atoms with Gasteiger partial charge in [-0.05, 0) is 19.1 Å². The Kier molecular flexibility index (Phi) is 5.21. The molecule has 0 saturated carbocycles. The van der Waals surface area contributed by atoms with Crippen LogP contribution in [-0.2, 0) is 4.79 Å². The normalized spacial score (nSPS) is 14.5. The zero-order valence-corrected chi connectivity index (χ0v) is 11.9. The number of hydrogen-bond donors (Lipinski definition) is 3. The molecule has 0 bridgehead atoms.